The highest BCUT2D eigenvalue weighted by Gasteiger charge is 2.21. The number of nitrogens with one attached hydrogen (secondary N) is 2. The van der Waals surface area contributed by atoms with Crippen molar-refractivity contribution in [1.29, 1.82) is 0 Å². The summed E-state index contributed by atoms with van der Waals surface area (Å²) in [6.07, 6.45) is 0. The predicted molar refractivity (Wildman–Crippen MR) is 72.2 cm³/mol. The molecule has 3 nitrogen and oxygen atoms in total. The molecule has 0 fully saturated rings. The van der Waals surface area contributed by atoms with E-state index in [0.717, 1.165) is 24.7 Å². The maximum Gasteiger partial charge on any atom is 0.206 e. The van der Waals surface area contributed by atoms with Gasteiger partial charge in [-0.3, -0.25) is 4.72 Å². The molecule has 15 heavy (non-hydrogen) atoms. The SMILES string of the molecule is CC(C)N=C1NSc2sc(Cl)c(Br)c2N1. The van der Waals surface area contributed by atoms with Gasteiger partial charge in [0, 0.05) is 18.0 Å². The van der Waals surface area contributed by atoms with Crippen molar-refractivity contribution in [2.45, 2.75) is 24.1 Å². The highest BCUT2D eigenvalue weighted by molar-refractivity contribution is 9.10. The number of hydrogen-bond acceptors (Lipinski definition) is 3. The van der Waals surface area contributed by atoms with Crippen LogP contribution in [0.2, 0.25) is 4.34 Å². The third-order valence-corrected chi connectivity index (χ3v) is 5.31. The van der Waals surface area contributed by atoms with Crippen molar-refractivity contribution in [3.63, 3.8) is 0 Å². The zero-order valence-corrected chi connectivity index (χ0v) is 12.1. The molecule has 0 saturated carbocycles. The molecule has 1 aliphatic heterocycles. The van der Waals surface area contributed by atoms with E-state index in [1.807, 2.05) is 13.8 Å². The Hall–Kier alpha value is 0.0900. The topological polar surface area (TPSA) is 36.4 Å². The molecule has 1 aliphatic rings. The first kappa shape index (κ1) is 11.6. The van der Waals surface area contributed by atoms with E-state index < -0.39 is 0 Å². The van der Waals surface area contributed by atoms with Crippen LogP contribution in [0.3, 0.4) is 0 Å². The Morgan fingerprint density at radius 3 is 2.87 bits per heavy atom. The molecule has 2 heterocycles. The van der Waals surface area contributed by atoms with Crippen LogP contribution in [0, 0.1) is 0 Å². The third kappa shape index (κ3) is 2.43. The lowest BCUT2D eigenvalue weighted by atomic mass is 10.4. The van der Waals surface area contributed by atoms with Crippen molar-refractivity contribution in [1.82, 2.24) is 4.72 Å². The van der Waals surface area contributed by atoms with Gasteiger partial charge >= 0.3 is 0 Å². The van der Waals surface area contributed by atoms with E-state index >= 15 is 0 Å². The molecule has 0 atom stereocenters. The minimum absolute atomic E-state index is 0.259. The molecule has 1 aromatic rings. The van der Waals surface area contributed by atoms with Crippen LogP contribution < -0.4 is 10.0 Å². The van der Waals surface area contributed by atoms with Gasteiger partial charge in [-0.2, -0.15) is 0 Å². The summed E-state index contributed by atoms with van der Waals surface area (Å²) < 4.78 is 5.92. The second kappa shape index (κ2) is 4.53. The zero-order valence-electron chi connectivity index (χ0n) is 8.10. The average Bonchev–Trinajstić information content (AvgIpc) is 2.43. The van der Waals surface area contributed by atoms with E-state index in [9.17, 15) is 0 Å². The fourth-order valence-electron chi connectivity index (χ4n) is 1.10. The van der Waals surface area contributed by atoms with Crippen molar-refractivity contribution >= 4 is 62.5 Å². The number of fused-ring (bicyclic) bond motifs is 1. The summed E-state index contributed by atoms with van der Waals surface area (Å²) in [5.41, 5.74) is 1.01. The number of anilines is 1. The van der Waals surface area contributed by atoms with Crippen molar-refractivity contribution in [3.8, 4) is 0 Å². The number of aliphatic imine (C=N–C) groups is 1. The highest BCUT2D eigenvalue weighted by Crippen LogP contribution is 2.46. The monoisotopic (exact) mass is 325 g/mol. The van der Waals surface area contributed by atoms with Gasteiger partial charge in [0.2, 0.25) is 5.96 Å². The van der Waals surface area contributed by atoms with Gasteiger partial charge < -0.3 is 5.32 Å². The third-order valence-electron chi connectivity index (χ3n) is 1.65. The number of thiophene rings is 1. The number of rotatable bonds is 1. The Morgan fingerprint density at radius 2 is 2.20 bits per heavy atom. The molecule has 0 aromatic carbocycles. The first-order valence-electron chi connectivity index (χ1n) is 4.33. The summed E-state index contributed by atoms with van der Waals surface area (Å²) in [7, 11) is 0. The lowest BCUT2D eigenvalue weighted by molar-refractivity contribution is 0.831. The molecule has 0 spiro atoms. The Balaban J connectivity index is 2.30. The van der Waals surface area contributed by atoms with Crippen LogP contribution in [0.25, 0.3) is 0 Å². The van der Waals surface area contributed by atoms with Crippen molar-refractivity contribution < 1.29 is 0 Å². The highest BCUT2D eigenvalue weighted by atomic mass is 79.9. The molecule has 2 rings (SSSR count). The number of guanidine groups is 1. The molecule has 0 saturated heterocycles. The van der Waals surface area contributed by atoms with Crippen molar-refractivity contribution in [3.05, 3.63) is 8.81 Å². The first-order chi connectivity index (χ1) is 7.08. The minimum Gasteiger partial charge on any atom is -0.323 e. The van der Waals surface area contributed by atoms with Gasteiger partial charge in [0.1, 0.15) is 8.55 Å². The Kier molecular flexibility index (Phi) is 3.49. The Morgan fingerprint density at radius 1 is 1.47 bits per heavy atom. The predicted octanol–water partition coefficient (Wildman–Crippen LogP) is 3.95. The summed E-state index contributed by atoms with van der Waals surface area (Å²) in [5, 5.41) is 3.21. The summed E-state index contributed by atoms with van der Waals surface area (Å²) in [6.45, 7) is 4.07. The van der Waals surface area contributed by atoms with Gasteiger partial charge in [0.05, 0.1) is 10.2 Å². The summed E-state index contributed by atoms with van der Waals surface area (Å²) in [4.78, 5) is 4.40. The zero-order chi connectivity index (χ0) is 11.0. The van der Waals surface area contributed by atoms with Gasteiger partial charge in [-0.25, -0.2) is 4.99 Å². The molecule has 0 unspecified atom stereocenters. The first-order valence-corrected chi connectivity index (χ1v) is 7.13. The molecular weight excluding hydrogens is 318 g/mol. The summed E-state index contributed by atoms with van der Waals surface area (Å²) in [6, 6.07) is 0.259. The van der Waals surface area contributed by atoms with Crippen molar-refractivity contribution in [2.75, 3.05) is 5.32 Å². The van der Waals surface area contributed by atoms with E-state index in [1.54, 1.807) is 0 Å². The molecular formula is C8H9BrClN3S2. The minimum atomic E-state index is 0.259. The molecule has 0 bridgehead atoms. The number of halogens is 2. The smallest absolute Gasteiger partial charge is 0.206 e. The average molecular weight is 327 g/mol. The molecule has 1 aromatic heterocycles. The van der Waals surface area contributed by atoms with Gasteiger partial charge in [0.25, 0.3) is 0 Å². The van der Waals surface area contributed by atoms with Gasteiger partial charge in [-0.05, 0) is 29.8 Å². The van der Waals surface area contributed by atoms with Gasteiger partial charge in [-0.1, -0.05) is 11.6 Å². The molecule has 0 radical (unpaired) electrons. The van der Waals surface area contributed by atoms with Crippen LogP contribution in [0.15, 0.2) is 13.7 Å². The number of nitrogens with zero attached hydrogens (tertiary/aromatic N) is 1. The maximum atomic E-state index is 6.02. The number of hydrogen-bond donors (Lipinski definition) is 2. The lowest BCUT2D eigenvalue weighted by Crippen LogP contribution is -2.29. The second-order valence-electron chi connectivity index (χ2n) is 3.25. The Labute approximate surface area is 110 Å². The maximum absolute atomic E-state index is 6.02. The molecule has 7 heteroatoms. The molecule has 0 amide bonds. The fraction of sp³-hybridized carbons (Fsp3) is 0.375. The normalized spacial score (nSPS) is 17.5. The largest absolute Gasteiger partial charge is 0.323 e. The molecule has 2 N–H and O–H groups in total. The van der Waals surface area contributed by atoms with Gasteiger partial charge in [-0.15, -0.1) is 11.3 Å². The lowest BCUT2D eigenvalue weighted by Gasteiger charge is -2.18. The van der Waals surface area contributed by atoms with Crippen LogP contribution >= 0.6 is 50.8 Å². The van der Waals surface area contributed by atoms with E-state index in [4.69, 9.17) is 11.6 Å². The van der Waals surface area contributed by atoms with E-state index in [0.29, 0.717) is 0 Å². The standard InChI is InChI=1S/C8H9BrClN3S2/c1-3(2)11-8-12-5-4(9)6(10)14-7(5)15-13-8/h3H,1-2H3,(H2,11,12,13). The van der Waals surface area contributed by atoms with E-state index in [-0.39, 0.29) is 6.04 Å². The van der Waals surface area contributed by atoms with Crippen molar-refractivity contribution in [2.24, 2.45) is 4.99 Å². The summed E-state index contributed by atoms with van der Waals surface area (Å²) >= 11 is 12.5. The quantitative estimate of drug-likeness (QED) is 0.767. The second-order valence-corrected chi connectivity index (χ2v) is 6.74. The van der Waals surface area contributed by atoms with Crippen LogP contribution in [0.1, 0.15) is 13.8 Å². The van der Waals surface area contributed by atoms with Gasteiger partial charge in [0.15, 0.2) is 0 Å². The molecule has 0 aliphatic carbocycles. The van der Waals surface area contributed by atoms with E-state index in [2.05, 4.69) is 31.0 Å². The van der Waals surface area contributed by atoms with Crippen LogP contribution in [-0.4, -0.2) is 12.0 Å². The molecule has 82 valence electrons. The van der Waals surface area contributed by atoms with Crippen LogP contribution in [-0.2, 0) is 0 Å². The van der Waals surface area contributed by atoms with Crippen LogP contribution in [0.5, 0.6) is 0 Å². The summed E-state index contributed by atoms with van der Waals surface area (Å²) in [5.74, 6) is 0.776. The fourth-order valence-corrected chi connectivity index (χ4v) is 4.06. The van der Waals surface area contributed by atoms with Crippen LogP contribution in [0.4, 0.5) is 5.69 Å². The van der Waals surface area contributed by atoms with E-state index in [1.165, 1.54) is 23.3 Å². The Bertz CT molecular complexity index is 416.